The summed E-state index contributed by atoms with van der Waals surface area (Å²) in [6.45, 7) is 2.17. The van der Waals surface area contributed by atoms with Gasteiger partial charge in [-0.25, -0.2) is 4.79 Å². The number of nitrogens with two attached hydrogens (primary N) is 1. The number of hydrogen-bond donors (Lipinski definition) is 1. The van der Waals surface area contributed by atoms with Crippen molar-refractivity contribution in [2.45, 2.75) is 18.6 Å². The second kappa shape index (κ2) is 9.74. The van der Waals surface area contributed by atoms with Gasteiger partial charge in [0.1, 0.15) is 28.3 Å². The number of halogens is 1. The van der Waals surface area contributed by atoms with Crippen LogP contribution in [0.3, 0.4) is 0 Å². The smallest absolute Gasteiger partial charge is 0.337 e. The highest BCUT2D eigenvalue weighted by Crippen LogP contribution is 2.31. The lowest BCUT2D eigenvalue weighted by atomic mass is 10.0. The molecule has 2 atom stereocenters. The number of esters is 1. The Morgan fingerprint density at radius 3 is 2.56 bits per heavy atom. The summed E-state index contributed by atoms with van der Waals surface area (Å²) in [4.78, 5) is 28.7. The third kappa shape index (κ3) is 4.44. The second-order valence-electron chi connectivity index (χ2n) is 7.84. The molecule has 4 rings (SSSR count). The Hall–Kier alpha value is -3.56. The number of benzene rings is 2. The molecule has 178 valence electrons. The Morgan fingerprint density at radius 2 is 1.88 bits per heavy atom. The van der Waals surface area contributed by atoms with Gasteiger partial charge in [-0.2, -0.15) is 0 Å². The highest BCUT2D eigenvalue weighted by molar-refractivity contribution is 6.22. The van der Waals surface area contributed by atoms with Crippen molar-refractivity contribution in [3.05, 3.63) is 65.4 Å². The average Bonchev–Trinajstić information content (AvgIpc) is 3.25. The third-order valence-corrected chi connectivity index (χ3v) is 6.14. The number of alkyl halides is 1. The van der Waals surface area contributed by atoms with Crippen LogP contribution in [0.2, 0.25) is 0 Å². The standard InChI is InChI=1S/C24H25ClN4O5/c1-14-21(22(27-34-14)16-5-4-6-18(11-16)32-2)23(30)29-13-20(26)28(12-19(29)25)17-9-7-15(8-10-17)24(31)33-3/h4-11,19-20H,12-13,26H2,1-3H3. The summed E-state index contributed by atoms with van der Waals surface area (Å²) in [5.41, 5.74) is 8.45. The molecule has 1 aromatic heterocycles. The van der Waals surface area contributed by atoms with Crippen molar-refractivity contribution >= 4 is 29.2 Å². The number of hydrogen-bond acceptors (Lipinski definition) is 8. The summed E-state index contributed by atoms with van der Waals surface area (Å²) < 4.78 is 15.4. The molecule has 0 bridgehead atoms. The van der Waals surface area contributed by atoms with Gasteiger partial charge in [-0.05, 0) is 43.3 Å². The van der Waals surface area contributed by atoms with Crippen LogP contribution in [0, 0.1) is 6.92 Å². The summed E-state index contributed by atoms with van der Waals surface area (Å²) in [6.07, 6.45) is -0.511. The zero-order valence-corrected chi connectivity index (χ0v) is 19.8. The van der Waals surface area contributed by atoms with Crippen LogP contribution in [0.15, 0.2) is 53.1 Å². The molecule has 1 aliphatic rings. The molecular formula is C24H25ClN4O5. The van der Waals surface area contributed by atoms with Gasteiger partial charge < -0.3 is 29.5 Å². The van der Waals surface area contributed by atoms with E-state index in [9.17, 15) is 9.59 Å². The van der Waals surface area contributed by atoms with Crippen LogP contribution in [0.4, 0.5) is 5.69 Å². The van der Waals surface area contributed by atoms with Gasteiger partial charge in [0.25, 0.3) is 5.91 Å². The van der Waals surface area contributed by atoms with E-state index in [4.69, 9.17) is 31.3 Å². The number of amides is 1. The van der Waals surface area contributed by atoms with Crippen molar-refractivity contribution < 1.29 is 23.6 Å². The molecule has 0 radical (unpaired) electrons. The molecule has 0 saturated carbocycles. The molecule has 1 amide bonds. The molecule has 2 N–H and O–H groups in total. The molecule has 1 saturated heterocycles. The number of ether oxygens (including phenoxy) is 2. The molecule has 2 heterocycles. The molecule has 3 aromatic rings. The van der Waals surface area contributed by atoms with Crippen LogP contribution in [0.25, 0.3) is 11.3 Å². The van der Waals surface area contributed by atoms with Crippen LogP contribution in [-0.4, -0.2) is 60.9 Å². The Balaban J connectivity index is 1.56. The minimum absolute atomic E-state index is 0.188. The summed E-state index contributed by atoms with van der Waals surface area (Å²) >= 11 is 6.67. The van der Waals surface area contributed by atoms with Crippen LogP contribution in [0.1, 0.15) is 26.5 Å². The first-order valence-electron chi connectivity index (χ1n) is 10.6. The minimum atomic E-state index is -0.653. The largest absolute Gasteiger partial charge is 0.497 e. The number of carbonyl (C=O) groups is 2. The van der Waals surface area contributed by atoms with E-state index in [2.05, 4.69) is 5.16 Å². The summed E-state index contributed by atoms with van der Waals surface area (Å²) in [6, 6.07) is 14.1. The van der Waals surface area contributed by atoms with Gasteiger partial charge in [-0.15, -0.1) is 0 Å². The van der Waals surface area contributed by atoms with E-state index >= 15 is 0 Å². The zero-order valence-electron chi connectivity index (χ0n) is 19.0. The Labute approximate surface area is 202 Å². The lowest BCUT2D eigenvalue weighted by Crippen LogP contribution is -2.61. The van der Waals surface area contributed by atoms with Gasteiger partial charge in [-0.3, -0.25) is 4.79 Å². The van der Waals surface area contributed by atoms with Crippen LogP contribution < -0.4 is 15.4 Å². The Kier molecular flexibility index (Phi) is 6.76. The number of aryl methyl sites for hydroxylation is 1. The van der Waals surface area contributed by atoms with E-state index in [1.807, 2.05) is 23.1 Å². The average molecular weight is 485 g/mol. The van der Waals surface area contributed by atoms with Gasteiger partial charge in [-0.1, -0.05) is 28.9 Å². The number of methoxy groups -OCH3 is 2. The molecule has 9 nitrogen and oxygen atoms in total. The van der Waals surface area contributed by atoms with Gasteiger partial charge in [0.15, 0.2) is 0 Å². The van der Waals surface area contributed by atoms with Crippen molar-refractivity contribution in [2.24, 2.45) is 5.73 Å². The fourth-order valence-electron chi connectivity index (χ4n) is 3.96. The highest BCUT2D eigenvalue weighted by Gasteiger charge is 2.37. The number of carbonyl (C=O) groups excluding carboxylic acids is 2. The van der Waals surface area contributed by atoms with E-state index in [0.29, 0.717) is 40.4 Å². The van der Waals surface area contributed by atoms with Crippen molar-refractivity contribution in [1.29, 1.82) is 0 Å². The highest BCUT2D eigenvalue weighted by atomic mass is 35.5. The zero-order chi connectivity index (χ0) is 24.4. The lowest BCUT2D eigenvalue weighted by molar-refractivity contribution is 0.0600. The first-order valence-corrected chi connectivity index (χ1v) is 11.0. The molecular weight excluding hydrogens is 460 g/mol. The number of nitrogens with zero attached hydrogens (tertiary/aromatic N) is 3. The van der Waals surface area contributed by atoms with E-state index in [-0.39, 0.29) is 12.5 Å². The minimum Gasteiger partial charge on any atom is -0.497 e. The number of rotatable bonds is 5. The normalized spacial score (nSPS) is 18.0. The fraction of sp³-hybridized carbons (Fsp3) is 0.292. The SMILES string of the molecule is COC(=O)c1ccc(N2CC(Cl)N(C(=O)c3c(-c4cccc(OC)c4)noc3C)CC2N)cc1. The molecule has 0 aliphatic carbocycles. The van der Waals surface area contributed by atoms with Gasteiger partial charge >= 0.3 is 5.97 Å². The molecule has 1 fully saturated rings. The Morgan fingerprint density at radius 1 is 1.15 bits per heavy atom. The van der Waals surface area contributed by atoms with E-state index < -0.39 is 17.6 Å². The third-order valence-electron chi connectivity index (χ3n) is 5.77. The van der Waals surface area contributed by atoms with Crippen molar-refractivity contribution in [2.75, 3.05) is 32.2 Å². The molecule has 1 aliphatic heterocycles. The van der Waals surface area contributed by atoms with Crippen LogP contribution in [-0.2, 0) is 4.74 Å². The summed E-state index contributed by atoms with van der Waals surface area (Å²) in [5.74, 6) is 0.298. The van der Waals surface area contributed by atoms with Crippen molar-refractivity contribution in [1.82, 2.24) is 10.1 Å². The topological polar surface area (TPSA) is 111 Å². The lowest BCUT2D eigenvalue weighted by Gasteiger charge is -2.43. The van der Waals surface area contributed by atoms with Crippen LogP contribution >= 0.6 is 11.6 Å². The number of aromatic nitrogens is 1. The molecule has 2 aromatic carbocycles. The van der Waals surface area contributed by atoms with E-state index in [0.717, 1.165) is 5.69 Å². The monoisotopic (exact) mass is 484 g/mol. The molecule has 2 unspecified atom stereocenters. The predicted octanol–water partition coefficient (Wildman–Crippen LogP) is 3.26. The van der Waals surface area contributed by atoms with Crippen molar-refractivity contribution in [3.63, 3.8) is 0 Å². The maximum atomic E-state index is 13.6. The summed E-state index contributed by atoms with van der Waals surface area (Å²) in [5, 5.41) is 4.11. The number of anilines is 1. The van der Waals surface area contributed by atoms with E-state index in [1.165, 1.54) is 12.0 Å². The predicted molar refractivity (Wildman–Crippen MR) is 127 cm³/mol. The van der Waals surface area contributed by atoms with Gasteiger partial charge in [0, 0.05) is 11.3 Å². The summed E-state index contributed by atoms with van der Waals surface area (Å²) in [7, 11) is 2.90. The molecule has 0 spiro atoms. The fourth-order valence-corrected chi connectivity index (χ4v) is 4.28. The van der Waals surface area contributed by atoms with Crippen molar-refractivity contribution in [3.8, 4) is 17.0 Å². The first kappa shape index (κ1) is 23.6. The maximum absolute atomic E-state index is 13.6. The van der Waals surface area contributed by atoms with E-state index in [1.54, 1.807) is 44.4 Å². The maximum Gasteiger partial charge on any atom is 0.337 e. The Bertz CT molecular complexity index is 1200. The first-order chi connectivity index (χ1) is 16.3. The van der Waals surface area contributed by atoms with Gasteiger partial charge in [0.05, 0.1) is 39.0 Å². The number of piperazine rings is 1. The molecule has 34 heavy (non-hydrogen) atoms. The second-order valence-corrected chi connectivity index (χ2v) is 8.35. The quantitative estimate of drug-likeness (QED) is 0.334. The molecule has 10 heteroatoms. The van der Waals surface area contributed by atoms with Crippen LogP contribution in [0.5, 0.6) is 5.75 Å². The van der Waals surface area contributed by atoms with Gasteiger partial charge in [0.2, 0.25) is 0 Å².